The summed E-state index contributed by atoms with van der Waals surface area (Å²) in [5.41, 5.74) is 0.854. The lowest BCUT2D eigenvalue weighted by Gasteiger charge is -2.15. The number of nitrogens with zero attached hydrogens (tertiary/aromatic N) is 1. The fourth-order valence-electron chi connectivity index (χ4n) is 2.62. The number of urea groups is 1. The fraction of sp³-hybridized carbons (Fsp3) is 0.167. The molecule has 2 aromatic rings. The maximum atomic E-state index is 13.1. The Bertz CT molecular complexity index is 884. The first-order valence-corrected chi connectivity index (χ1v) is 8.12. The van der Waals surface area contributed by atoms with Gasteiger partial charge in [-0.1, -0.05) is 6.07 Å². The van der Waals surface area contributed by atoms with Crippen LogP contribution >= 0.6 is 0 Å². The second kappa shape index (κ2) is 7.81. The van der Waals surface area contributed by atoms with E-state index in [1.807, 2.05) is 0 Å². The van der Waals surface area contributed by atoms with Gasteiger partial charge in [0.15, 0.2) is 0 Å². The summed E-state index contributed by atoms with van der Waals surface area (Å²) >= 11 is 0. The van der Waals surface area contributed by atoms with E-state index in [1.54, 1.807) is 24.3 Å². The highest BCUT2D eigenvalue weighted by molar-refractivity contribution is 6.00. The number of halogens is 2. The molecule has 0 unspecified atom stereocenters. The Balaban J connectivity index is 1.58. The predicted octanol–water partition coefficient (Wildman–Crippen LogP) is 1.86. The molecule has 9 heteroatoms. The van der Waals surface area contributed by atoms with Gasteiger partial charge in [0.05, 0.1) is 6.54 Å². The third-order valence-corrected chi connectivity index (χ3v) is 3.83. The quantitative estimate of drug-likeness (QED) is 0.746. The second-order valence-corrected chi connectivity index (χ2v) is 5.82. The lowest BCUT2D eigenvalue weighted by molar-refractivity contribution is -0.115. The normalized spacial score (nSPS) is 13.3. The number of amides is 4. The van der Waals surface area contributed by atoms with Crippen molar-refractivity contribution in [2.75, 3.05) is 29.9 Å². The van der Waals surface area contributed by atoms with Crippen LogP contribution in [0, 0.1) is 11.6 Å². The van der Waals surface area contributed by atoms with Crippen molar-refractivity contribution in [1.82, 2.24) is 10.6 Å². The molecule has 7 nitrogen and oxygen atoms in total. The molecular formula is C18H16F2N4O3. The van der Waals surface area contributed by atoms with Gasteiger partial charge in [-0.3, -0.25) is 14.5 Å². The zero-order chi connectivity index (χ0) is 19.4. The minimum atomic E-state index is -0.882. The summed E-state index contributed by atoms with van der Waals surface area (Å²) in [6.45, 7) is 0.685. The standard InChI is InChI=1S/C18H16F2N4O3/c19-12-6-11(7-13(20)8-12)17(26)22-10-16(25)23-14-2-1-3-15(9-14)24-5-4-21-18(24)27/h1-3,6-9H,4-5,10H2,(H,21,27)(H,22,26)(H,23,25). The van der Waals surface area contributed by atoms with E-state index >= 15 is 0 Å². The molecule has 2 aromatic carbocycles. The topological polar surface area (TPSA) is 90.5 Å². The van der Waals surface area contributed by atoms with Crippen molar-refractivity contribution in [3.05, 3.63) is 59.7 Å². The lowest BCUT2D eigenvalue weighted by atomic mass is 10.2. The number of carbonyl (C=O) groups is 3. The minimum absolute atomic E-state index is 0.215. The van der Waals surface area contributed by atoms with Crippen LogP contribution in [0.25, 0.3) is 0 Å². The van der Waals surface area contributed by atoms with Gasteiger partial charge in [-0.15, -0.1) is 0 Å². The second-order valence-electron chi connectivity index (χ2n) is 5.82. The van der Waals surface area contributed by atoms with E-state index in [0.717, 1.165) is 12.1 Å². The highest BCUT2D eigenvalue weighted by Crippen LogP contribution is 2.20. The van der Waals surface area contributed by atoms with Crippen LogP contribution in [0.2, 0.25) is 0 Å². The van der Waals surface area contributed by atoms with E-state index in [2.05, 4.69) is 16.0 Å². The largest absolute Gasteiger partial charge is 0.343 e. The summed E-state index contributed by atoms with van der Waals surface area (Å²) in [6.07, 6.45) is 0. The van der Waals surface area contributed by atoms with E-state index in [4.69, 9.17) is 0 Å². The Morgan fingerprint density at radius 2 is 1.85 bits per heavy atom. The molecule has 3 rings (SSSR count). The van der Waals surface area contributed by atoms with Gasteiger partial charge in [-0.05, 0) is 30.3 Å². The number of benzene rings is 2. The maximum absolute atomic E-state index is 13.1. The van der Waals surface area contributed by atoms with Gasteiger partial charge in [0.1, 0.15) is 11.6 Å². The average Bonchev–Trinajstić information content (AvgIpc) is 3.05. The molecule has 1 heterocycles. The molecule has 0 aromatic heterocycles. The molecule has 0 atom stereocenters. The maximum Gasteiger partial charge on any atom is 0.321 e. The molecule has 1 fully saturated rings. The number of nitrogens with one attached hydrogen (secondary N) is 3. The molecular weight excluding hydrogens is 358 g/mol. The van der Waals surface area contributed by atoms with E-state index < -0.39 is 23.4 Å². The summed E-state index contributed by atoms with van der Waals surface area (Å²) in [5, 5.41) is 7.56. The SMILES string of the molecule is O=C(CNC(=O)c1cc(F)cc(F)c1)Nc1cccc(N2CCNC2=O)c1. The van der Waals surface area contributed by atoms with Gasteiger partial charge in [-0.25, -0.2) is 13.6 Å². The summed E-state index contributed by atoms with van der Waals surface area (Å²) in [5.74, 6) is -3.06. The Morgan fingerprint density at radius 3 is 2.52 bits per heavy atom. The van der Waals surface area contributed by atoms with Crippen molar-refractivity contribution in [3.63, 3.8) is 0 Å². The first-order valence-electron chi connectivity index (χ1n) is 8.12. The molecule has 0 spiro atoms. The first kappa shape index (κ1) is 18.3. The van der Waals surface area contributed by atoms with Crippen LogP contribution in [0.4, 0.5) is 25.0 Å². The van der Waals surface area contributed by atoms with Gasteiger partial charge in [0.2, 0.25) is 5.91 Å². The van der Waals surface area contributed by atoms with E-state index in [0.29, 0.717) is 30.5 Å². The molecule has 1 saturated heterocycles. The molecule has 0 radical (unpaired) electrons. The first-order chi connectivity index (χ1) is 12.9. The third kappa shape index (κ3) is 4.57. The fourth-order valence-corrected chi connectivity index (χ4v) is 2.62. The van der Waals surface area contributed by atoms with Gasteiger partial charge in [0, 0.05) is 36.1 Å². The zero-order valence-corrected chi connectivity index (χ0v) is 14.1. The Kier molecular flexibility index (Phi) is 5.30. The number of rotatable bonds is 5. The number of anilines is 2. The van der Waals surface area contributed by atoms with Crippen LogP contribution in [-0.4, -0.2) is 37.5 Å². The number of hydrogen-bond acceptors (Lipinski definition) is 3. The Labute approximate surface area is 153 Å². The van der Waals surface area contributed by atoms with Crippen LogP contribution < -0.4 is 20.9 Å². The van der Waals surface area contributed by atoms with Crippen molar-refractivity contribution in [2.45, 2.75) is 0 Å². The Morgan fingerprint density at radius 1 is 1.11 bits per heavy atom. The van der Waals surface area contributed by atoms with Crippen molar-refractivity contribution in [1.29, 1.82) is 0 Å². The lowest BCUT2D eigenvalue weighted by Crippen LogP contribution is -2.33. The monoisotopic (exact) mass is 374 g/mol. The van der Waals surface area contributed by atoms with E-state index in [9.17, 15) is 23.2 Å². The molecule has 0 bridgehead atoms. The summed E-state index contributed by atoms with van der Waals surface area (Å²) in [7, 11) is 0. The highest BCUT2D eigenvalue weighted by Gasteiger charge is 2.21. The summed E-state index contributed by atoms with van der Waals surface area (Å²) in [6, 6.07) is 8.88. The van der Waals surface area contributed by atoms with Crippen LogP contribution in [0.15, 0.2) is 42.5 Å². The van der Waals surface area contributed by atoms with Crippen LogP contribution in [0.5, 0.6) is 0 Å². The summed E-state index contributed by atoms with van der Waals surface area (Å²) in [4.78, 5) is 37.1. The van der Waals surface area contributed by atoms with E-state index in [1.165, 1.54) is 4.90 Å². The van der Waals surface area contributed by atoms with E-state index in [-0.39, 0.29) is 18.1 Å². The minimum Gasteiger partial charge on any atom is -0.343 e. The van der Waals surface area contributed by atoms with Gasteiger partial charge >= 0.3 is 6.03 Å². The van der Waals surface area contributed by atoms with Crippen LogP contribution in [0.1, 0.15) is 10.4 Å². The molecule has 1 aliphatic heterocycles. The number of hydrogen-bond donors (Lipinski definition) is 3. The van der Waals surface area contributed by atoms with Gasteiger partial charge < -0.3 is 16.0 Å². The number of carbonyl (C=O) groups excluding carboxylic acids is 3. The Hall–Kier alpha value is -3.49. The average molecular weight is 374 g/mol. The predicted molar refractivity (Wildman–Crippen MR) is 94.5 cm³/mol. The van der Waals surface area contributed by atoms with Crippen molar-refractivity contribution >= 4 is 29.2 Å². The molecule has 1 aliphatic rings. The summed E-state index contributed by atoms with van der Waals surface area (Å²) < 4.78 is 26.3. The van der Waals surface area contributed by atoms with Crippen molar-refractivity contribution in [2.24, 2.45) is 0 Å². The van der Waals surface area contributed by atoms with Crippen molar-refractivity contribution in [3.8, 4) is 0 Å². The molecule has 140 valence electrons. The molecule has 0 saturated carbocycles. The van der Waals surface area contributed by atoms with Crippen molar-refractivity contribution < 1.29 is 23.2 Å². The van der Waals surface area contributed by atoms with Gasteiger partial charge in [-0.2, -0.15) is 0 Å². The third-order valence-electron chi connectivity index (χ3n) is 3.83. The molecule has 3 N–H and O–H groups in total. The molecule has 4 amide bonds. The molecule has 27 heavy (non-hydrogen) atoms. The van der Waals surface area contributed by atoms with Crippen LogP contribution in [0.3, 0.4) is 0 Å². The van der Waals surface area contributed by atoms with Gasteiger partial charge in [0.25, 0.3) is 5.91 Å². The zero-order valence-electron chi connectivity index (χ0n) is 14.1. The highest BCUT2D eigenvalue weighted by atomic mass is 19.1. The van der Waals surface area contributed by atoms with Crippen LogP contribution in [-0.2, 0) is 4.79 Å². The smallest absolute Gasteiger partial charge is 0.321 e. The molecule has 0 aliphatic carbocycles.